The van der Waals surface area contributed by atoms with Gasteiger partial charge in [-0.25, -0.2) is 13.2 Å². The van der Waals surface area contributed by atoms with Crippen LogP contribution < -0.4 is 5.32 Å². The molecule has 1 N–H and O–H groups in total. The van der Waals surface area contributed by atoms with E-state index in [-0.39, 0.29) is 27.8 Å². The van der Waals surface area contributed by atoms with Crippen LogP contribution in [0.15, 0.2) is 30.3 Å². The number of nitrogens with one attached hydrogen (secondary N) is 1. The molecule has 2 heterocycles. The molecule has 0 aromatic heterocycles. The highest BCUT2D eigenvalue weighted by Crippen LogP contribution is 2.76. The standard InChI is InChI=1S/C47H73N3O5S/c1-33(32-50-24-28-55-29-25-50)36-14-19-47(48-22-23-49-26-30-56(52,53)31-27-49)21-20-45(5)38(41(36)47)12-13-40-44(4)17-15-37(34-8-10-35(11-9-34)42(51)54-7)43(2,3)39(44)16-18-46(40,45)6/h8-11,15,33,36,38-41,48H,12-14,16-32H2,1-7H3. The normalized spacial score (nSPS) is 41.3. The molecule has 5 aliphatic carbocycles. The lowest BCUT2D eigenvalue weighted by molar-refractivity contribution is -0.221. The lowest BCUT2D eigenvalue weighted by Gasteiger charge is -2.72. The number of hydrogen-bond acceptors (Lipinski definition) is 8. The van der Waals surface area contributed by atoms with Crippen molar-refractivity contribution in [3.63, 3.8) is 0 Å². The predicted octanol–water partition coefficient (Wildman–Crippen LogP) is 7.59. The lowest BCUT2D eigenvalue weighted by Crippen LogP contribution is -2.68. The van der Waals surface area contributed by atoms with E-state index in [9.17, 15) is 13.2 Å². The third kappa shape index (κ3) is 6.77. The Morgan fingerprint density at radius 2 is 1.59 bits per heavy atom. The molecule has 4 saturated carbocycles. The van der Waals surface area contributed by atoms with Crippen molar-refractivity contribution in [2.75, 3.05) is 77.6 Å². The monoisotopic (exact) mass is 792 g/mol. The molecule has 7 aliphatic rings. The molecule has 1 aromatic rings. The van der Waals surface area contributed by atoms with Gasteiger partial charge >= 0.3 is 5.97 Å². The van der Waals surface area contributed by atoms with Crippen LogP contribution in [0.2, 0.25) is 0 Å². The molecule has 2 aliphatic heterocycles. The van der Waals surface area contributed by atoms with Gasteiger partial charge in [0.05, 0.1) is 37.4 Å². The molecule has 8 nitrogen and oxygen atoms in total. The van der Waals surface area contributed by atoms with Crippen LogP contribution >= 0.6 is 0 Å². The summed E-state index contributed by atoms with van der Waals surface area (Å²) in [4.78, 5) is 17.3. The van der Waals surface area contributed by atoms with Crippen LogP contribution in [0.1, 0.15) is 115 Å². The second-order valence-corrected chi connectivity index (χ2v) is 23.3. The summed E-state index contributed by atoms with van der Waals surface area (Å²) < 4.78 is 35.1. The molecule has 0 bridgehead atoms. The molecule has 8 rings (SSSR count). The number of carbonyl (C=O) groups excluding carboxylic acids is 1. The van der Waals surface area contributed by atoms with Crippen molar-refractivity contribution >= 4 is 21.4 Å². The van der Waals surface area contributed by atoms with Gasteiger partial charge < -0.3 is 19.7 Å². The highest BCUT2D eigenvalue weighted by atomic mass is 32.2. The minimum absolute atomic E-state index is 0.0362. The molecule has 6 fully saturated rings. The second-order valence-electron chi connectivity index (χ2n) is 21.0. The van der Waals surface area contributed by atoms with Crippen molar-refractivity contribution in [1.82, 2.24) is 15.1 Å². The van der Waals surface area contributed by atoms with Gasteiger partial charge in [0.2, 0.25) is 0 Å². The van der Waals surface area contributed by atoms with Crippen molar-refractivity contribution in [3.05, 3.63) is 41.5 Å². The second kappa shape index (κ2) is 15.0. The van der Waals surface area contributed by atoms with Crippen molar-refractivity contribution < 1.29 is 22.7 Å². The fourth-order valence-electron chi connectivity index (χ4n) is 15.4. The van der Waals surface area contributed by atoms with Gasteiger partial charge in [0.25, 0.3) is 0 Å². The third-order valence-corrected chi connectivity index (χ3v) is 20.0. The average molecular weight is 792 g/mol. The number of ether oxygens (including phenoxy) is 2. The summed E-state index contributed by atoms with van der Waals surface area (Å²) in [7, 11) is -1.42. The number of allylic oxidation sites excluding steroid dienone is 2. The van der Waals surface area contributed by atoms with Crippen LogP contribution in [0, 0.1) is 57.2 Å². The van der Waals surface area contributed by atoms with E-state index in [1.54, 1.807) is 0 Å². The Morgan fingerprint density at radius 3 is 2.29 bits per heavy atom. The maximum Gasteiger partial charge on any atom is 0.337 e. The van der Waals surface area contributed by atoms with Crippen LogP contribution in [0.25, 0.3) is 5.57 Å². The highest BCUT2D eigenvalue weighted by Gasteiger charge is 2.70. The van der Waals surface area contributed by atoms with Gasteiger partial charge in [-0.1, -0.05) is 59.8 Å². The fourth-order valence-corrected chi connectivity index (χ4v) is 16.6. The molecule has 312 valence electrons. The maximum absolute atomic E-state index is 12.2. The van der Waals surface area contributed by atoms with E-state index in [0.717, 1.165) is 45.8 Å². The van der Waals surface area contributed by atoms with Crippen LogP contribution in [-0.2, 0) is 19.3 Å². The summed E-state index contributed by atoms with van der Waals surface area (Å²) in [5.74, 6) is 4.38. The summed E-state index contributed by atoms with van der Waals surface area (Å²) in [6.45, 7) is 24.1. The minimum Gasteiger partial charge on any atom is -0.465 e. The SMILES string of the molecule is COC(=O)c1ccc(C2=CCC3(C)C(CCC4(C)C3CCC3C5C(C(C)CN6CCOCC6)CCC5(NCCN5CCS(=O)(=O)CC5)CCC34C)C2(C)C)cc1. The largest absolute Gasteiger partial charge is 0.465 e. The van der Waals surface area contributed by atoms with Crippen LogP contribution in [0.3, 0.4) is 0 Å². The number of rotatable bonds is 9. The first-order valence-electron chi connectivity index (χ1n) is 22.4. The molecular weight excluding hydrogens is 719 g/mol. The predicted molar refractivity (Wildman–Crippen MR) is 225 cm³/mol. The number of benzene rings is 1. The summed E-state index contributed by atoms with van der Waals surface area (Å²) in [5.41, 5.74) is 4.34. The van der Waals surface area contributed by atoms with E-state index in [0.29, 0.717) is 71.1 Å². The first-order chi connectivity index (χ1) is 26.6. The van der Waals surface area contributed by atoms with Gasteiger partial charge in [0, 0.05) is 51.4 Å². The number of sulfone groups is 1. The lowest BCUT2D eigenvalue weighted by atomic mass is 9.33. The highest BCUT2D eigenvalue weighted by molar-refractivity contribution is 7.91. The Morgan fingerprint density at radius 1 is 0.875 bits per heavy atom. The van der Waals surface area contributed by atoms with E-state index in [1.807, 2.05) is 12.1 Å². The zero-order chi connectivity index (χ0) is 39.7. The van der Waals surface area contributed by atoms with Gasteiger partial charge in [0.1, 0.15) is 0 Å². The first-order valence-corrected chi connectivity index (χ1v) is 24.3. The zero-order valence-corrected chi connectivity index (χ0v) is 36.7. The van der Waals surface area contributed by atoms with Crippen molar-refractivity contribution in [3.8, 4) is 0 Å². The van der Waals surface area contributed by atoms with E-state index in [2.05, 4.69) is 74.9 Å². The quantitative estimate of drug-likeness (QED) is 0.256. The molecule has 10 atom stereocenters. The zero-order valence-electron chi connectivity index (χ0n) is 35.8. The Bertz CT molecular complexity index is 1740. The van der Waals surface area contributed by atoms with Crippen molar-refractivity contribution in [1.29, 1.82) is 0 Å². The summed E-state index contributed by atoms with van der Waals surface area (Å²) >= 11 is 0. The Balaban J connectivity index is 1.06. The van der Waals surface area contributed by atoms with Crippen LogP contribution in [-0.4, -0.2) is 107 Å². The molecular formula is C47H73N3O5S. The van der Waals surface area contributed by atoms with E-state index in [4.69, 9.17) is 9.47 Å². The van der Waals surface area contributed by atoms with Crippen LogP contribution in [0.4, 0.5) is 0 Å². The van der Waals surface area contributed by atoms with E-state index >= 15 is 0 Å². The third-order valence-electron chi connectivity index (χ3n) is 18.4. The molecule has 2 saturated heterocycles. The molecule has 9 heteroatoms. The smallest absolute Gasteiger partial charge is 0.337 e. The topological polar surface area (TPSA) is 88.2 Å². The molecule has 10 unspecified atom stereocenters. The number of nitrogens with zero attached hydrogens (tertiary/aromatic N) is 2. The van der Waals surface area contributed by atoms with Gasteiger partial charge in [0.15, 0.2) is 9.84 Å². The fraction of sp³-hybridized carbons (Fsp3) is 0.809. The minimum atomic E-state index is -2.87. The van der Waals surface area contributed by atoms with E-state index in [1.165, 1.54) is 76.2 Å². The van der Waals surface area contributed by atoms with Gasteiger partial charge in [-0.3, -0.25) is 4.90 Å². The van der Waals surface area contributed by atoms with Crippen LogP contribution in [0.5, 0.6) is 0 Å². The molecule has 0 amide bonds. The molecule has 56 heavy (non-hydrogen) atoms. The summed E-state index contributed by atoms with van der Waals surface area (Å²) in [6.07, 6.45) is 14.1. The first kappa shape index (κ1) is 41.0. The molecule has 0 radical (unpaired) electrons. The summed E-state index contributed by atoms with van der Waals surface area (Å²) in [6, 6.07) is 8.14. The average Bonchev–Trinajstić information content (AvgIpc) is 3.55. The Kier molecular flexibility index (Phi) is 11.0. The van der Waals surface area contributed by atoms with Crippen molar-refractivity contribution in [2.24, 2.45) is 57.2 Å². The maximum atomic E-state index is 12.2. The number of carbonyl (C=O) groups is 1. The van der Waals surface area contributed by atoms with Crippen molar-refractivity contribution in [2.45, 2.75) is 105 Å². The van der Waals surface area contributed by atoms with Gasteiger partial charge in [-0.2, -0.15) is 0 Å². The van der Waals surface area contributed by atoms with Gasteiger partial charge in [-0.05, 0) is 138 Å². The van der Waals surface area contributed by atoms with Gasteiger partial charge in [-0.15, -0.1) is 0 Å². The van der Waals surface area contributed by atoms with E-state index < -0.39 is 9.84 Å². The Hall–Kier alpha value is -1.78. The number of hydrogen-bond donors (Lipinski definition) is 1. The molecule has 1 aromatic carbocycles. The number of fused-ring (bicyclic) bond motifs is 7. The number of methoxy groups -OCH3 is 1. The summed E-state index contributed by atoms with van der Waals surface area (Å²) in [5, 5.41) is 4.33. The number of morpholine rings is 1. The Labute approximate surface area is 339 Å². The molecule has 0 spiro atoms. The number of esters is 1.